The normalized spacial score (nSPS) is 38.2. The summed E-state index contributed by atoms with van der Waals surface area (Å²) in [6.07, 6.45) is 3.39. The molecule has 1 fully saturated rings. The molecule has 3 atom stereocenters. The average molecular weight is 200 g/mol. The molecule has 3 nitrogen and oxygen atoms in total. The fourth-order valence-electron chi connectivity index (χ4n) is 2.38. The van der Waals surface area contributed by atoms with Crippen LogP contribution in [-0.2, 0) is 4.79 Å². The Bertz CT molecular complexity index is 215. The predicted molar refractivity (Wildman–Crippen MR) is 54.0 cm³/mol. The Labute approximate surface area is 85.1 Å². The fraction of sp³-hybridized carbons (Fsp3) is 0.909. The number of hydrogen-bond acceptors (Lipinski definition) is 2. The summed E-state index contributed by atoms with van der Waals surface area (Å²) in [5.41, 5.74) is -0.740. The molecule has 0 spiro atoms. The first-order valence-corrected chi connectivity index (χ1v) is 5.38. The van der Waals surface area contributed by atoms with Crippen LogP contribution in [0.5, 0.6) is 0 Å². The van der Waals surface area contributed by atoms with Crippen LogP contribution in [0.1, 0.15) is 46.0 Å². The Morgan fingerprint density at radius 1 is 1.43 bits per heavy atom. The van der Waals surface area contributed by atoms with E-state index in [-0.39, 0.29) is 12.3 Å². The van der Waals surface area contributed by atoms with E-state index in [1.54, 1.807) is 0 Å². The van der Waals surface area contributed by atoms with Crippen molar-refractivity contribution >= 4 is 5.97 Å². The lowest BCUT2D eigenvalue weighted by molar-refractivity contribution is -0.140. The van der Waals surface area contributed by atoms with Crippen molar-refractivity contribution in [1.29, 1.82) is 0 Å². The van der Waals surface area contributed by atoms with Crippen LogP contribution in [0, 0.1) is 11.8 Å². The van der Waals surface area contributed by atoms with E-state index in [4.69, 9.17) is 5.11 Å². The van der Waals surface area contributed by atoms with Crippen LogP contribution in [0.4, 0.5) is 0 Å². The Morgan fingerprint density at radius 3 is 2.64 bits per heavy atom. The molecule has 82 valence electrons. The zero-order valence-electron chi connectivity index (χ0n) is 8.99. The lowest BCUT2D eigenvalue weighted by atomic mass is 9.70. The van der Waals surface area contributed by atoms with Gasteiger partial charge >= 0.3 is 5.97 Å². The molecule has 1 saturated carbocycles. The highest BCUT2D eigenvalue weighted by atomic mass is 16.4. The molecule has 0 saturated heterocycles. The van der Waals surface area contributed by atoms with E-state index in [1.165, 1.54) is 0 Å². The summed E-state index contributed by atoms with van der Waals surface area (Å²) >= 11 is 0. The molecule has 3 heteroatoms. The van der Waals surface area contributed by atoms with Crippen LogP contribution in [0.25, 0.3) is 0 Å². The third-order valence-corrected chi connectivity index (χ3v) is 3.48. The summed E-state index contributed by atoms with van der Waals surface area (Å²) in [7, 11) is 0. The topological polar surface area (TPSA) is 57.5 Å². The standard InChI is InChI=1S/C11H20O3/c1-8-3-4-9(2)11(14,7-8)6-5-10(12)13/h8-9,14H,3-7H2,1-2H3,(H,12,13). The van der Waals surface area contributed by atoms with Gasteiger partial charge in [-0.25, -0.2) is 0 Å². The molecular formula is C11H20O3. The van der Waals surface area contributed by atoms with Crippen LogP contribution in [0.3, 0.4) is 0 Å². The van der Waals surface area contributed by atoms with Crippen molar-refractivity contribution in [2.45, 2.75) is 51.6 Å². The van der Waals surface area contributed by atoms with E-state index in [0.29, 0.717) is 12.3 Å². The maximum absolute atomic E-state index is 10.5. The van der Waals surface area contributed by atoms with Gasteiger partial charge in [-0.2, -0.15) is 0 Å². The van der Waals surface area contributed by atoms with E-state index in [9.17, 15) is 9.90 Å². The number of carboxylic acids is 1. The molecule has 1 aliphatic carbocycles. The van der Waals surface area contributed by atoms with Crippen LogP contribution in [-0.4, -0.2) is 21.8 Å². The second-order valence-corrected chi connectivity index (χ2v) is 4.79. The fourth-order valence-corrected chi connectivity index (χ4v) is 2.38. The third kappa shape index (κ3) is 2.71. The maximum Gasteiger partial charge on any atom is 0.303 e. The molecule has 0 radical (unpaired) electrons. The largest absolute Gasteiger partial charge is 0.481 e. The van der Waals surface area contributed by atoms with E-state index in [1.807, 2.05) is 6.92 Å². The highest BCUT2D eigenvalue weighted by Crippen LogP contribution is 2.39. The van der Waals surface area contributed by atoms with Crippen molar-refractivity contribution < 1.29 is 15.0 Å². The summed E-state index contributed by atoms with van der Waals surface area (Å²) in [6, 6.07) is 0. The minimum Gasteiger partial charge on any atom is -0.481 e. The molecule has 0 aliphatic heterocycles. The summed E-state index contributed by atoms with van der Waals surface area (Å²) in [5, 5.41) is 18.9. The highest BCUT2D eigenvalue weighted by Gasteiger charge is 2.38. The molecule has 0 bridgehead atoms. The molecule has 0 amide bonds. The van der Waals surface area contributed by atoms with Gasteiger partial charge in [-0.05, 0) is 31.1 Å². The highest BCUT2D eigenvalue weighted by molar-refractivity contribution is 5.66. The Hall–Kier alpha value is -0.570. The second-order valence-electron chi connectivity index (χ2n) is 4.79. The molecule has 0 aromatic rings. The number of hydrogen-bond donors (Lipinski definition) is 2. The van der Waals surface area contributed by atoms with Crippen molar-refractivity contribution in [3.8, 4) is 0 Å². The molecule has 14 heavy (non-hydrogen) atoms. The van der Waals surface area contributed by atoms with Crippen molar-refractivity contribution in [2.24, 2.45) is 11.8 Å². The van der Waals surface area contributed by atoms with Gasteiger partial charge in [-0.3, -0.25) is 4.79 Å². The molecule has 1 aliphatic rings. The van der Waals surface area contributed by atoms with E-state index >= 15 is 0 Å². The van der Waals surface area contributed by atoms with Crippen molar-refractivity contribution in [1.82, 2.24) is 0 Å². The first kappa shape index (κ1) is 11.5. The van der Waals surface area contributed by atoms with E-state index in [0.717, 1.165) is 19.3 Å². The number of carbonyl (C=O) groups is 1. The van der Waals surface area contributed by atoms with Crippen LogP contribution in [0.15, 0.2) is 0 Å². The van der Waals surface area contributed by atoms with Crippen LogP contribution >= 0.6 is 0 Å². The van der Waals surface area contributed by atoms with Gasteiger partial charge in [0.25, 0.3) is 0 Å². The summed E-state index contributed by atoms with van der Waals surface area (Å²) in [4.78, 5) is 10.5. The van der Waals surface area contributed by atoms with E-state index in [2.05, 4.69) is 6.92 Å². The molecule has 0 aromatic heterocycles. The third-order valence-electron chi connectivity index (χ3n) is 3.48. The molecule has 0 heterocycles. The first-order chi connectivity index (χ1) is 6.44. The van der Waals surface area contributed by atoms with Gasteiger partial charge in [0.2, 0.25) is 0 Å². The van der Waals surface area contributed by atoms with Crippen LogP contribution < -0.4 is 0 Å². The predicted octanol–water partition coefficient (Wildman–Crippen LogP) is 2.04. The summed E-state index contributed by atoms with van der Waals surface area (Å²) < 4.78 is 0. The summed E-state index contributed by atoms with van der Waals surface area (Å²) in [5.74, 6) is -0.0631. The average Bonchev–Trinajstić information content (AvgIpc) is 2.09. The van der Waals surface area contributed by atoms with Gasteiger partial charge in [0.05, 0.1) is 5.60 Å². The lowest BCUT2D eigenvalue weighted by Gasteiger charge is -2.40. The van der Waals surface area contributed by atoms with Gasteiger partial charge in [-0.15, -0.1) is 0 Å². The Kier molecular flexibility index (Phi) is 3.53. The SMILES string of the molecule is CC1CCC(C)C(O)(CCC(=O)O)C1. The van der Waals surface area contributed by atoms with Gasteiger partial charge in [0.1, 0.15) is 0 Å². The van der Waals surface area contributed by atoms with Gasteiger partial charge in [-0.1, -0.05) is 20.3 Å². The van der Waals surface area contributed by atoms with Crippen molar-refractivity contribution in [3.05, 3.63) is 0 Å². The molecule has 1 rings (SSSR count). The van der Waals surface area contributed by atoms with E-state index < -0.39 is 11.6 Å². The van der Waals surface area contributed by atoms with Gasteiger partial charge in [0, 0.05) is 6.42 Å². The number of aliphatic hydroxyl groups is 1. The monoisotopic (exact) mass is 200 g/mol. The molecule has 3 unspecified atom stereocenters. The zero-order chi connectivity index (χ0) is 10.8. The zero-order valence-corrected chi connectivity index (χ0v) is 8.99. The maximum atomic E-state index is 10.5. The minimum atomic E-state index is -0.816. The first-order valence-electron chi connectivity index (χ1n) is 5.38. The minimum absolute atomic E-state index is 0.0769. The number of aliphatic carboxylic acids is 1. The Balaban J connectivity index is 2.55. The van der Waals surface area contributed by atoms with Crippen molar-refractivity contribution in [3.63, 3.8) is 0 Å². The molecular weight excluding hydrogens is 180 g/mol. The summed E-state index contributed by atoms with van der Waals surface area (Å²) in [6.45, 7) is 4.14. The number of rotatable bonds is 3. The smallest absolute Gasteiger partial charge is 0.303 e. The second kappa shape index (κ2) is 4.30. The van der Waals surface area contributed by atoms with Crippen LogP contribution in [0.2, 0.25) is 0 Å². The van der Waals surface area contributed by atoms with Crippen molar-refractivity contribution in [2.75, 3.05) is 0 Å². The number of carboxylic acid groups (broad SMARTS) is 1. The van der Waals surface area contributed by atoms with Gasteiger partial charge < -0.3 is 10.2 Å². The molecule has 0 aromatic carbocycles. The quantitative estimate of drug-likeness (QED) is 0.733. The Morgan fingerprint density at radius 2 is 2.07 bits per heavy atom. The van der Waals surface area contributed by atoms with Gasteiger partial charge in [0.15, 0.2) is 0 Å². The lowest BCUT2D eigenvalue weighted by Crippen LogP contribution is -2.42. The molecule has 2 N–H and O–H groups in total.